The maximum atomic E-state index is 14.0. The van der Waals surface area contributed by atoms with Gasteiger partial charge in [-0.1, -0.05) is 0 Å². The van der Waals surface area contributed by atoms with Gasteiger partial charge in [-0.2, -0.15) is 0 Å². The van der Waals surface area contributed by atoms with Crippen molar-refractivity contribution in [2.24, 2.45) is 0 Å². The molecule has 1 aliphatic carbocycles. The first-order chi connectivity index (χ1) is 12.0. The molecule has 1 atom stereocenters. The molecule has 2 aromatic rings. The third-order valence-electron chi connectivity index (χ3n) is 3.97. The molecule has 2 aromatic carbocycles. The van der Waals surface area contributed by atoms with E-state index in [0.29, 0.717) is 0 Å². The van der Waals surface area contributed by atoms with Gasteiger partial charge in [0, 0.05) is 29.9 Å². The third kappa shape index (κ3) is 3.13. The monoisotopic (exact) mass is 382 g/mol. The Morgan fingerprint density at radius 1 is 1.31 bits per heavy atom. The molecule has 0 radical (unpaired) electrons. The number of hydrogen-bond acceptors (Lipinski definition) is 4. The van der Waals surface area contributed by atoms with Crippen LogP contribution in [0, 0.1) is 12.4 Å². The topological polar surface area (TPSA) is 68.0 Å². The molecule has 0 bridgehead atoms. The summed E-state index contributed by atoms with van der Waals surface area (Å²) in [6.07, 6.45) is -2.37. The van der Waals surface area contributed by atoms with Crippen molar-refractivity contribution >= 4 is 15.5 Å². The number of fused-ring (bicyclic) bond motifs is 1. The summed E-state index contributed by atoms with van der Waals surface area (Å²) in [5, 5.41) is 9.90. The van der Waals surface area contributed by atoms with Crippen LogP contribution in [-0.4, -0.2) is 25.7 Å². The van der Waals surface area contributed by atoms with Crippen LogP contribution < -0.4 is 4.74 Å². The summed E-state index contributed by atoms with van der Waals surface area (Å²) >= 11 is 0. The standard InChI is InChI=1S/C17H12F3NO4S/c1-21-10-5-9(18)6-11(7-10)25-13-3-4-14(26(2,23)24)15-12(13)8-17(19,20)16(15)22/h3-7,16,22H,8H2,2H3/t16-/m0/s1/i1-1. The maximum absolute atomic E-state index is 14.0. The van der Waals surface area contributed by atoms with E-state index in [1.165, 1.54) is 12.1 Å². The van der Waals surface area contributed by atoms with Gasteiger partial charge in [0.1, 0.15) is 23.4 Å². The maximum Gasteiger partial charge on any atom is 0.281 e. The minimum Gasteiger partial charge on any atom is -0.458 e. The lowest BCUT2D eigenvalue weighted by atomic mass is 10.1. The van der Waals surface area contributed by atoms with Crippen molar-refractivity contribution in [2.45, 2.75) is 23.3 Å². The number of nitrogens with zero attached hydrogens (tertiary/aromatic N) is 1. The lowest BCUT2D eigenvalue weighted by Crippen LogP contribution is -2.22. The van der Waals surface area contributed by atoms with E-state index in [1.807, 2.05) is 0 Å². The van der Waals surface area contributed by atoms with Crippen molar-refractivity contribution < 1.29 is 31.4 Å². The first-order valence-electron chi connectivity index (χ1n) is 7.30. The minimum atomic E-state index is -3.87. The molecule has 3 rings (SSSR count). The van der Waals surface area contributed by atoms with E-state index in [9.17, 15) is 26.7 Å². The highest BCUT2D eigenvalue weighted by atomic mass is 32.2. The van der Waals surface area contributed by atoms with Gasteiger partial charge < -0.3 is 9.84 Å². The lowest BCUT2D eigenvalue weighted by Gasteiger charge is -2.15. The van der Waals surface area contributed by atoms with E-state index < -0.39 is 44.6 Å². The van der Waals surface area contributed by atoms with Gasteiger partial charge in [-0.15, -0.1) is 0 Å². The largest absolute Gasteiger partial charge is 0.458 e. The number of halogens is 3. The summed E-state index contributed by atoms with van der Waals surface area (Å²) in [4.78, 5) is 2.67. The SMILES string of the molecule is CS(=O)(=O)c1ccc(Oc2cc(F)cc([N+]#[11C-])c2)c2c1[C@H](O)C(F)(F)C2. The molecule has 0 aliphatic heterocycles. The van der Waals surface area contributed by atoms with Crippen LogP contribution in [0.15, 0.2) is 35.2 Å². The molecule has 0 amide bonds. The number of aliphatic hydroxyl groups excluding tert-OH is 1. The van der Waals surface area contributed by atoms with Crippen molar-refractivity contribution in [1.82, 2.24) is 0 Å². The van der Waals surface area contributed by atoms with Gasteiger partial charge in [0.2, 0.25) is 0 Å². The van der Waals surface area contributed by atoms with E-state index in [-0.39, 0.29) is 22.7 Å². The van der Waals surface area contributed by atoms with Crippen LogP contribution in [-0.2, 0) is 16.3 Å². The lowest BCUT2D eigenvalue weighted by molar-refractivity contribution is -0.0976. The summed E-state index contributed by atoms with van der Waals surface area (Å²) in [5.41, 5.74) is -0.634. The fraction of sp³-hybridized carbons (Fsp3) is 0.235. The fourth-order valence-electron chi connectivity index (χ4n) is 2.87. The average Bonchev–Trinajstić information content (AvgIpc) is 2.77. The second kappa shape index (κ2) is 6.00. The van der Waals surface area contributed by atoms with Crippen LogP contribution in [0.25, 0.3) is 4.85 Å². The van der Waals surface area contributed by atoms with Gasteiger partial charge in [-0.25, -0.2) is 26.4 Å². The second-order valence-electron chi connectivity index (χ2n) is 5.93. The Morgan fingerprint density at radius 2 is 2.00 bits per heavy atom. The smallest absolute Gasteiger partial charge is 0.281 e. The van der Waals surface area contributed by atoms with Crippen LogP contribution in [0.1, 0.15) is 17.2 Å². The molecule has 0 saturated carbocycles. The number of rotatable bonds is 3. The third-order valence-corrected chi connectivity index (χ3v) is 5.13. The molecule has 5 nitrogen and oxygen atoms in total. The van der Waals surface area contributed by atoms with E-state index in [4.69, 9.17) is 11.3 Å². The molecule has 0 spiro atoms. The van der Waals surface area contributed by atoms with Crippen LogP contribution in [0.4, 0.5) is 18.9 Å². The number of benzene rings is 2. The average molecular weight is 382 g/mol. The molecule has 136 valence electrons. The zero-order valence-corrected chi connectivity index (χ0v) is 14.1. The summed E-state index contributed by atoms with van der Waals surface area (Å²) in [5.74, 6) is -4.55. The van der Waals surface area contributed by atoms with E-state index >= 15 is 0 Å². The Hall–Kier alpha value is -2.57. The Labute approximate surface area is 147 Å². The molecule has 0 fully saturated rings. The molecule has 0 heterocycles. The Morgan fingerprint density at radius 3 is 2.62 bits per heavy atom. The normalized spacial score (nSPS) is 18.2. The van der Waals surface area contributed by atoms with Crippen molar-refractivity contribution in [3.8, 4) is 11.5 Å². The zero-order chi connectivity index (χ0) is 19.3. The Kier molecular flexibility index (Phi) is 4.21. The van der Waals surface area contributed by atoms with Crippen LogP contribution >= 0.6 is 0 Å². The van der Waals surface area contributed by atoms with Gasteiger partial charge >= 0.3 is 0 Å². The highest BCUT2D eigenvalue weighted by molar-refractivity contribution is 7.90. The van der Waals surface area contributed by atoms with Gasteiger partial charge in [0.15, 0.2) is 15.5 Å². The number of aliphatic hydroxyl groups is 1. The number of ether oxygens (including phenoxy) is 1. The van der Waals surface area contributed by atoms with Crippen molar-refractivity contribution in [3.63, 3.8) is 0 Å². The van der Waals surface area contributed by atoms with Gasteiger partial charge in [-0.05, 0) is 24.3 Å². The molecule has 0 aromatic heterocycles. The Bertz CT molecular complexity index is 1040. The van der Waals surface area contributed by atoms with E-state index in [1.54, 1.807) is 0 Å². The minimum absolute atomic E-state index is 0.0465. The summed E-state index contributed by atoms with van der Waals surface area (Å²) in [7, 11) is -3.87. The molecule has 1 N–H and O–H groups in total. The van der Waals surface area contributed by atoms with Gasteiger partial charge in [0.25, 0.3) is 5.92 Å². The van der Waals surface area contributed by atoms with Gasteiger partial charge in [-0.3, -0.25) is 0 Å². The second-order valence-corrected chi connectivity index (χ2v) is 7.91. The summed E-state index contributed by atoms with van der Waals surface area (Å²) < 4.78 is 70.7. The summed E-state index contributed by atoms with van der Waals surface area (Å²) in [6.45, 7) is 6.92. The number of alkyl halides is 2. The van der Waals surface area contributed by atoms with Crippen molar-refractivity contribution in [2.75, 3.05) is 6.26 Å². The summed E-state index contributed by atoms with van der Waals surface area (Å²) in [6, 6.07) is 5.40. The molecule has 1 aliphatic rings. The fourth-order valence-corrected chi connectivity index (χ4v) is 3.82. The Balaban J connectivity index is 2.15. The molecule has 9 heteroatoms. The number of hydrogen-bond donors (Lipinski definition) is 1. The van der Waals surface area contributed by atoms with Crippen LogP contribution in [0.3, 0.4) is 0 Å². The van der Waals surface area contributed by atoms with Crippen molar-refractivity contribution in [1.29, 1.82) is 0 Å². The first-order valence-corrected chi connectivity index (χ1v) is 9.19. The molecule has 26 heavy (non-hydrogen) atoms. The van der Waals surface area contributed by atoms with E-state index in [2.05, 4.69) is 4.85 Å². The van der Waals surface area contributed by atoms with E-state index in [0.717, 1.165) is 24.5 Å². The highest BCUT2D eigenvalue weighted by Gasteiger charge is 2.50. The predicted octanol–water partition coefficient (Wildman–Crippen LogP) is 3.80. The predicted molar refractivity (Wildman–Crippen MR) is 85.9 cm³/mol. The zero-order valence-electron chi connectivity index (χ0n) is 13.3. The number of sulfone groups is 1. The molecule has 0 saturated heterocycles. The molecule has 0 unspecified atom stereocenters. The highest BCUT2D eigenvalue weighted by Crippen LogP contribution is 2.49. The molecular formula is C17H12F3NO4S. The van der Waals surface area contributed by atoms with Crippen LogP contribution in [0.2, 0.25) is 0 Å². The molecular weight excluding hydrogens is 370 g/mol. The van der Waals surface area contributed by atoms with Crippen molar-refractivity contribution in [3.05, 3.63) is 58.7 Å². The first kappa shape index (κ1) is 18.2. The van der Waals surface area contributed by atoms with Crippen LogP contribution in [0.5, 0.6) is 11.5 Å². The quantitative estimate of drug-likeness (QED) is 0.820. The van der Waals surface area contributed by atoms with Gasteiger partial charge in [0.05, 0.1) is 11.5 Å².